The van der Waals surface area contributed by atoms with Gasteiger partial charge in [0, 0.05) is 0 Å². The van der Waals surface area contributed by atoms with Crippen LogP contribution in [-0.4, -0.2) is 0 Å². The van der Waals surface area contributed by atoms with Gasteiger partial charge in [-0.2, -0.15) is 0 Å². The molecule has 0 unspecified atom stereocenters. The van der Waals surface area contributed by atoms with Crippen molar-refractivity contribution in [2.75, 3.05) is 0 Å². The summed E-state index contributed by atoms with van der Waals surface area (Å²) < 4.78 is 55.5. The highest BCUT2D eigenvalue weighted by molar-refractivity contribution is 9.11. The maximum absolute atomic E-state index is 11.1. The summed E-state index contributed by atoms with van der Waals surface area (Å²) in [6.07, 6.45) is 0. The van der Waals surface area contributed by atoms with Crippen molar-refractivity contribution in [1.82, 2.24) is 0 Å². The average Bonchev–Trinajstić information content (AvgIpc) is 1.22. The molecule has 0 atom stereocenters. The summed E-state index contributed by atoms with van der Waals surface area (Å²) in [5, 5.41) is -1.07. The van der Waals surface area contributed by atoms with Crippen LogP contribution in [0.25, 0.3) is 0 Å². The van der Waals surface area contributed by atoms with Gasteiger partial charge in [-0.15, -0.1) is 0 Å². The lowest BCUT2D eigenvalue weighted by Gasteiger charge is -2.36. The van der Waals surface area contributed by atoms with Crippen molar-refractivity contribution >= 4 is 26.2 Å². The molecule has 7 heteroatoms. The zero-order valence-electron chi connectivity index (χ0n) is 3.83. The van der Waals surface area contributed by atoms with E-state index in [1.807, 2.05) is 0 Å². The number of hydrogen-bond acceptors (Lipinski definition) is 0. The van der Waals surface area contributed by atoms with Crippen LogP contribution in [0.4, 0.5) is 19.4 Å². The first-order valence-corrected chi connectivity index (χ1v) is 4.49. The van der Waals surface area contributed by atoms with E-state index in [4.69, 9.17) is 0 Å². The van der Waals surface area contributed by atoms with Crippen LogP contribution in [-0.2, 0) is 0 Å². The molecule has 0 aromatic carbocycles. The fourth-order valence-corrected chi connectivity index (χ4v) is 1.52. The van der Waals surface area contributed by atoms with E-state index in [0.29, 0.717) is 0 Å². The average molecular weight is 233 g/mol. The SMILES string of the molecule is FS(F)(F)(F)(F)/C=C/Br. The van der Waals surface area contributed by atoms with E-state index in [-0.39, 0.29) is 4.99 Å². The van der Waals surface area contributed by atoms with Crippen LogP contribution >= 0.6 is 26.2 Å². The Balaban J connectivity index is 4.76. The van der Waals surface area contributed by atoms with Crippen molar-refractivity contribution in [2.24, 2.45) is 0 Å². The largest absolute Gasteiger partial charge is 0.304 e. The predicted octanol–water partition coefficient (Wildman–Crippen LogP) is 4.15. The first kappa shape index (κ1) is 9.22. The summed E-state index contributed by atoms with van der Waals surface area (Å²) in [5.41, 5.74) is 0. The Hall–Kier alpha value is 0.220. The first-order chi connectivity index (χ1) is 3.54. The van der Waals surface area contributed by atoms with Gasteiger partial charge in [-0.1, -0.05) is 35.4 Å². The minimum atomic E-state index is -9.26. The van der Waals surface area contributed by atoms with Gasteiger partial charge in [0.25, 0.3) is 0 Å². The van der Waals surface area contributed by atoms with E-state index < -0.39 is 15.6 Å². The van der Waals surface area contributed by atoms with E-state index in [0.717, 1.165) is 0 Å². The quantitative estimate of drug-likeness (QED) is 0.596. The van der Waals surface area contributed by atoms with Gasteiger partial charge in [-0.3, -0.25) is 0 Å². The van der Waals surface area contributed by atoms with Crippen molar-refractivity contribution < 1.29 is 19.4 Å². The minimum absolute atomic E-state index is 0.0918. The molecule has 0 aliphatic heterocycles. The van der Waals surface area contributed by atoms with E-state index >= 15 is 0 Å². The molecular formula is C2H2BrF5S. The molecular weight excluding hydrogens is 231 g/mol. The molecule has 0 saturated heterocycles. The van der Waals surface area contributed by atoms with Gasteiger partial charge in [0.2, 0.25) is 0 Å². The molecule has 0 aromatic rings. The van der Waals surface area contributed by atoms with Crippen molar-refractivity contribution in [1.29, 1.82) is 0 Å². The minimum Gasteiger partial charge on any atom is -0.0941 e. The first-order valence-electron chi connectivity index (χ1n) is 1.56. The van der Waals surface area contributed by atoms with Crippen molar-refractivity contribution in [3.8, 4) is 0 Å². The molecule has 9 heavy (non-hydrogen) atoms. The second-order valence-electron chi connectivity index (χ2n) is 1.29. The molecule has 0 heterocycles. The highest BCUT2D eigenvalue weighted by Gasteiger charge is 2.60. The Labute approximate surface area is 56.6 Å². The smallest absolute Gasteiger partial charge is 0.0941 e. The molecule has 0 nitrogen and oxygen atoms in total. The molecule has 0 spiro atoms. The molecule has 0 bridgehead atoms. The zero-order valence-corrected chi connectivity index (χ0v) is 6.23. The summed E-state index contributed by atoms with van der Waals surface area (Å²) >= 11 is 2.10. The Bertz CT molecular complexity index is 139. The number of rotatable bonds is 1. The number of hydrogen-bond donors (Lipinski definition) is 0. The maximum atomic E-state index is 11.1. The third-order valence-electron chi connectivity index (χ3n) is 0.309. The lowest BCUT2D eigenvalue weighted by molar-refractivity contribution is 0.384. The predicted molar refractivity (Wildman–Crippen MR) is 31.2 cm³/mol. The molecule has 0 aliphatic rings. The van der Waals surface area contributed by atoms with Crippen LogP contribution in [0, 0.1) is 0 Å². The van der Waals surface area contributed by atoms with Gasteiger partial charge in [-0.25, -0.2) is 0 Å². The molecule has 0 fully saturated rings. The van der Waals surface area contributed by atoms with E-state index in [1.165, 1.54) is 0 Å². The fraction of sp³-hybridized carbons (Fsp3) is 0. The zero-order chi connectivity index (χ0) is 7.82. The van der Waals surface area contributed by atoms with E-state index in [9.17, 15) is 19.4 Å². The summed E-state index contributed by atoms with van der Waals surface area (Å²) in [4.78, 5) is 0.0918. The third kappa shape index (κ3) is 8.22. The van der Waals surface area contributed by atoms with Crippen LogP contribution < -0.4 is 0 Å². The van der Waals surface area contributed by atoms with Crippen molar-refractivity contribution in [2.45, 2.75) is 0 Å². The summed E-state index contributed by atoms with van der Waals surface area (Å²) in [6, 6.07) is 0. The molecule has 0 radical (unpaired) electrons. The summed E-state index contributed by atoms with van der Waals surface area (Å²) in [7, 11) is -9.26. The van der Waals surface area contributed by atoms with Gasteiger partial charge in [0.1, 0.15) is 0 Å². The second-order valence-corrected chi connectivity index (χ2v) is 4.15. The van der Waals surface area contributed by atoms with Crippen molar-refractivity contribution in [3.63, 3.8) is 0 Å². The molecule has 0 N–H and O–H groups in total. The van der Waals surface area contributed by atoms with Crippen LogP contribution in [0.5, 0.6) is 0 Å². The molecule has 0 saturated carbocycles. The summed E-state index contributed by atoms with van der Waals surface area (Å²) in [6.45, 7) is 0. The van der Waals surface area contributed by atoms with Crippen molar-refractivity contribution in [3.05, 3.63) is 10.4 Å². The van der Waals surface area contributed by atoms with Gasteiger partial charge in [0.15, 0.2) is 0 Å². The Morgan fingerprint density at radius 2 is 1.33 bits per heavy atom. The second kappa shape index (κ2) is 1.45. The van der Waals surface area contributed by atoms with Gasteiger partial charge in [-0.05, 0) is 4.99 Å². The van der Waals surface area contributed by atoms with Crippen LogP contribution in [0.3, 0.4) is 0 Å². The highest BCUT2D eigenvalue weighted by Crippen LogP contribution is 2.99. The Morgan fingerprint density at radius 3 is 1.33 bits per heavy atom. The summed E-state index contributed by atoms with van der Waals surface area (Å²) in [5.74, 6) is 0. The molecule has 0 amide bonds. The lowest BCUT2D eigenvalue weighted by Crippen LogP contribution is -1.97. The maximum Gasteiger partial charge on any atom is 0.304 e. The highest BCUT2D eigenvalue weighted by atomic mass is 79.9. The molecule has 0 aromatic heterocycles. The van der Waals surface area contributed by atoms with Crippen LogP contribution in [0.1, 0.15) is 0 Å². The van der Waals surface area contributed by atoms with Gasteiger partial charge < -0.3 is 0 Å². The standard InChI is InChI=1S/C2H2BrF5S/c3-1-2-9(4,5,6,7)8/h1-2H/b2-1+. The lowest BCUT2D eigenvalue weighted by atomic mass is 11.3. The van der Waals surface area contributed by atoms with Gasteiger partial charge in [0.05, 0.1) is 5.41 Å². The fourth-order valence-electron chi connectivity index (χ4n) is 0.0972. The van der Waals surface area contributed by atoms with Gasteiger partial charge >= 0.3 is 10.2 Å². The monoisotopic (exact) mass is 232 g/mol. The van der Waals surface area contributed by atoms with E-state index in [2.05, 4.69) is 15.9 Å². The normalized spacial score (nSPS) is 21.6. The van der Waals surface area contributed by atoms with Crippen LogP contribution in [0.2, 0.25) is 0 Å². The van der Waals surface area contributed by atoms with Crippen LogP contribution in [0.15, 0.2) is 10.4 Å². The Morgan fingerprint density at radius 1 is 1.00 bits per heavy atom. The Kier molecular flexibility index (Phi) is 1.48. The van der Waals surface area contributed by atoms with E-state index in [1.54, 1.807) is 0 Å². The third-order valence-corrected chi connectivity index (χ3v) is 1.57. The molecule has 0 aliphatic carbocycles. The topological polar surface area (TPSA) is 0 Å². The number of halogens is 6. The molecule has 58 valence electrons. The molecule has 0 rings (SSSR count).